The van der Waals surface area contributed by atoms with Crippen molar-refractivity contribution in [1.29, 1.82) is 0 Å². The molecule has 138 valence electrons. The summed E-state index contributed by atoms with van der Waals surface area (Å²) in [6, 6.07) is 19.6. The Morgan fingerprint density at radius 2 is 1.56 bits per heavy atom. The predicted octanol–water partition coefficient (Wildman–Crippen LogP) is 8.00. The van der Waals surface area contributed by atoms with Crippen molar-refractivity contribution in [2.24, 2.45) is 0 Å². The summed E-state index contributed by atoms with van der Waals surface area (Å²) < 4.78 is 7.86. The molecule has 4 heteroatoms. The fourth-order valence-electron chi connectivity index (χ4n) is 2.73. The zero-order valence-electron chi connectivity index (χ0n) is 15.1. The predicted molar refractivity (Wildman–Crippen MR) is 119 cm³/mol. The Labute approximate surface area is 176 Å². The van der Waals surface area contributed by atoms with Crippen LogP contribution < -0.4 is 4.74 Å². The van der Waals surface area contributed by atoms with Crippen LogP contribution in [0.3, 0.4) is 0 Å². The van der Waals surface area contributed by atoms with Crippen LogP contribution in [0.2, 0.25) is 0 Å². The van der Waals surface area contributed by atoms with Crippen molar-refractivity contribution in [1.82, 2.24) is 0 Å². The molecule has 0 amide bonds. The van der Waals surface area contributed by atoms with Crippen LogP contribution in [-0.4, -0.2) is 5.11 Å². The van der Waals surface area contributed by atoms with Gasteiger partial charge in [0.1, 0.15) is 11.5 Å². The molecule has 3 rings (SSSR count). The van der Waals surface area contributed by atoms with Gasteiger partial charge >= 0.3 is 0 Å². The van der Waals surface area contributed by atoms with Gasteiger partial charge in [0.25, 0.3) is 0 Å². The Kier molecular flexibility index (Phi) is 6.40. The second-order valence-corrected chi connectivity index (χ2v) is 8.21. The first-order chi connectivity index (χ1) is 13.0. The number of hydrogen-bond acceptors (Lipinski definition) is 2. The van der Waals surface area contributed by atoms with Gasteiger partial charge in [0.2, 0.25) is 0 Å². The second-order valence-electron chi connectivity index (χ2n) is 6.50. The second kappa shape index (κ2) is 8.77. The highest BCUT2D eigenvalue weighted by Gasteiger charge is 2.14. The number of hydrogen-bond donors (Lipinski definition) is 1. The Hall–Kier alpha value is -2.04. The lowest BCUT2D eigenvalue weighted by molar-refractivity contribution is 0.452. The molecule has 0 spiro atoms. The van der Waals surface area contributed by atoms with Gasteiger partial charge in [0.05, 0.1) is 8.95 Å². The van der Waals surface area contributed by atoms with Crippen molar-refractivity contribution >= 4 is 44.0 Å². The molecule has 0 saturated carbocycles. The van der Waals surface area contributed by atoms with E-state index in [0.717, 1.165) is 25.6 Å². The lowest BCUT2D eigenvalue weighted by atomic mass is 9.98. The third-order valence-electron chi connectivity index (χ3n) is 4.16. The highest BCUT2D eigenvalue weighted by atomic mass is 79.9. The monoisotopic (exact) mass is 486 g/mol. The number of phenols is 1. The van der Waals surface area contributed by atoms with Gasteiger partial charge in [-0.05, 0) is 67.6 Å². The molecule has 0 atom stereocenters. The van der Waals surface area contributed by atoms with E-state index >= 15 is 0 Å². The molecule has 3 aromatic carbocycles. The zero-order chi connectivity index (χ0) is 19.4. The average Bonchev–Trinajstić information content (AvgIpc) is 2.65. The summed E-state index contributed by atoms with van der Waals surface area (Å²) in [6.07, 6.45) is 3.90. The van der Waals surface area contributed by atoms with Crippen LogP contribution in [0.25, 0.3) is 12.2 Å². The van der Waals surface area contributed by atoms with E-state index in [4.69, 9.17) is 4.74 Å². The normalized spacial score (nSPS) is 11.3. The smallest absolute Gasteiger partial charge is 0.155 e. The van der Waals surface area contributed by atoms with E-state index in [0.29, 0.717) is 11.5 Å². The van der Waals surface area contributed by atoms with Crippen molar-refractivity contribution in [3.63, 3.8) is 0 Å². The van der Waals surface area contributed by atoms with Gasteiger partial charge in [-0.2, -0.15) is 0 Å². The summed E-state index contributed by atoms with van der Waals surface area (Å²) in [7, 11) is 0. The van der Waals surface area contributed by atoms with Crippen LogP contribution in [0.15, 0.2) is 69.6 Å². The molecule has 0 aromatic heterocycles. The lowest BCUT2D eigenvalue weighted by Crippen LogP contribution is -1.94. The first kappa shape index (κ1) is 19.7. The largest absolute Gasteiger partial charge is 0.507 e. The third-order valence-corrected chi connectivity index (χ3v) is 5.41. The fourth-order valence-corrected chi connectivity index (χ4v) is 3.89. The highest BCUT2D eigenvalue weighted by molar-refractivity contribution is 9.11. The molecule has 0 fully saturated rings. The van der Waals surface area contributed by atoms with Gasteiger partial charge in [0.15, 0.2) is 5.75 Å². The molecule has 3 aromatic rings. The van der Waals surface area contributed by atoms with Gasteiger partial charge in [-0.1, -0.05) is 62.4 Å². The van der Waals surface area contributed by atoms with Gasteiger partial charge in [-0.3, -0.25) is 0 Å². The van der Waals surface area contributed by atoms with Crippen LogP contribution in [0.4, 0.5) is 0 Å². The number of rotatable bonds is 5. The maximum Gasteiger partial charge on any atom is 0.155 e. The Morgan fingerprint density at radius 3 is 2.19 bits per heavy atom. The van der Waals surface area contributed by atoms with E-state index < -0.39 is 0 Å². The summed E-state index contributed by atoms with van der Waals surface area (Å²) in [4.78, 5) is 0. The molecule has 0 aliphatic heterocycles. The lowest BCUT2D eigenvalue weighted by Gasteiger charge is -2.16. The van der Waals surface area contributed by atoms with Crippen molar-refractivity contribution < 1.29 is 9.84 Å². The summed E-state index contributed by atoms with van der Waals surface area (Å²) in [6.45, 7) is 4.11. The number of benzene rings is 3. The molecule has 0 aliphatic carbocycles. The number of ether oxygens (including phenoxy) is 1. The third kappa shape index (κ3) is 4.82. The molecular weight excluding hydrogens is 468 g/mol. The minimum absolute atomic E-state index is 0.167. The Morgan fingerprint density at radius 1 is 0.889 bits per heavy atom. The maximum atomic E-state index is 10.7. The molecule has 0 heterocycles. The first-order valence-corrected chi connectivity index (χ1v) is 10.3. The highest BCUT2D eigenvalue weighted by Crippen LogP contribution is 2.40. The Bertz CT molecular complexity index is 943. The first-order valence-electron chi connectivity index (χ1n) is 8.67. The van der Waals surface area contributed by atoms with Crippen LogP contribution in [-0.2, 0) is 0 Å². The maximum absolute atomic E-state index is 10.7. The Balaban J connectivity index is 2.02. The minimum atomic E-state index is 0.167. The molecule has 1 N–H and O–H groups in total. The molecule has 0 aliphatic rings. The van der Waals surface area contributed by atoms with Crippen LogP contribution >= 0.6 is 31.9 Å². The van der Waals surface area contributed by atoms with Gasteiger partial charge in [0, 0.05) is 11.1 Å². The SMILES string of the molecule is CC(C)c1cc(Oc2c(Br)cccc2Br)cc(/C=C/c2ccccc2)c1O. The summed E-state index contributed by atoms with van der Waals surface area (Å²) in [5, 5.41) is 10.7. The summed E-state index contributed by atoms with van der Waals surface area (Å²) in [5.41, 5.74) is 2.65. The standard InChI is InChI=1S/C23H20Br2O2/c1-15(2)19-14-18(27-23-20(24)9-6-10-21(23)25)13-17(22(19)26)12-11-16-7-4-3-5-8-16/h3-15,26H,1-2H3/b12-11+. The molecular formula is C23H20Br2O2. The molecule has 2 nitrogen and oxygen atoms in total. The van der Waals surface area contributed by atoms with E-state index in [1.165, 1.54) is 0 Å². The molecule has 27 heavy (non-hydrogen) atoms. The number of halogens is 2. The average molecular weight is 488 g/mol. The van der Waals surface area contributed by atoms with Gasteiger partial charge in [-0.25, -0.2) is 0 Å². The van der Waals surface area contributed by atoms with Crippen molar-refractivity contribution in [2.45, 2.75) is 19.8 Å². The topological polar surface area (TPSA) is 29.5 Å². The van der Waals surface area contributed by atoms with E-state index in [9.17, 15) is 5.11 Å². The molecule has 0 saturated heterocycles. The number of aromatic hydroxyl groups is 1. The molecule has 0 bridgehead atoms. The van der Waals surface area contributed by atoms with Gasteiger partial charge < -0.3 is 9.84 Å². The summed E-state index contributed by atoms with van der Waals surface area (Å²) in [5.74, 6) is 1.84. The molecule has 0 radical (unpaired) electrons. The fraction of sp³-hybridized carbons (Fsp3) is 0.130. The number of phenolic OH excluding ortho intramolecular Hbond substituents is 1. The van der Waals surface area contributed by atoms with Crippen LogP contribution in [0.1, 0.15) is 36.5 Å². The quantitative estimate of drug-likeness (QED) is 0.369. The van der Waals surface area contributed by atoms with Crippen molar-refractivity contribution in [3.8, 4) is 17.2 Å². The van der Waals surface area contributed by atoms with E-state index in [1.807, 2.05) is 72.8 Å². The van der Waals surface area contributed by atoms with Crippen LogP contribution in [0.5, 0.6) is 17.2 Å². The van der Waals surface area contributed by atoms with Gasteiger partial charge in [-0.15, -0.1) is 0 Å². The number of para-hydroxylation sites is 1. The van der Waals surface area contributed by atoms with E-state index in [1.54, 1.807) is 0 Å². The van der Waals surface area contributed by atoms with E-state index in [-0.39, 0.29) is 11.7 Å². The van der Waals surface area contributed by atoms with Crippen molar-refractivity contribution in [3.05, 3.63) is 86.3 Å². The van der Waals surface area contributed by atoms with Crippen LogP contribution in [0, 0.1) is 0 Å². The molecule has 0 unspecified atom stereocenters. The minimum Gasteiger partial charge on any atom is -0.507 e. The van der Waals surface area contributed by atoms with E-state index in [2.05, 4.69) is 45.7 Å². The van der Waals surface area contributed by atoms with Crippen molar-refractivity contribution in [2.75, 3.05) is 0 Å². The summed E-state index contributed by atoms with van der Waals surface area (Å²) >= 11 is 7.06. The zero-order valence-corrected chi connectivity index (χ0v) is 18.3.